The SMILES string of the molecule is O=C(O)c1ccc(N2C(=O)/C(=C/C=C/c3ccco3)SC2=S)cc1. The number of aromatic carboxylic acids is 1. The Kier molecular flexibility index (Phi) is 4.64. The number of hydrogen-bond donors (Lipinski definition) is 1. The van der Waals surface area contributed by atoms with Gasteiger partial charge in [0.05, 0.1) is 22.4 Å². The van der Waals surface area contributed by atoms with Crippen LogP contribution in [0.2, 0.25) is 0 Å². The van der Waals surface area contributed by atoms with Gasteiger partial charge in [0, 0.05) is 0 Å². The second kappa shape index (κ2) is 6.86. The minimum atomic E-state index is -1.02. The van der Waals surface area contributed by atoms with E-state index in [1.807, 2.05) is 0 Å². The molecule has 2 aromatic rings. The third-order valence-corrected chi connectivity index (χ3v) is 4.54. The third kappa shape index (κ3) is 3.32. The van der Waals surface area contributed by atoms with E-state index >= 15 is 0 Å². The number of amides is 1. The van der Waals surface area contributed by atoms with Gasteiger partial charge in [-0.1, -0.05) is 30.1 Å². The van der Waals surface area contributed by atoms with E-state index in [0.717, 1.165) is 0 Å². The molecule has 0 spiro atoms. The van der Waals surface area contributed by atoms with Gasteiger partial charge in [-0.2, -0.15) is 0 Å². The average molecular weight is 357 g/mol. The monoisotopic (exact) mass is 357 g/mol. The van der Waals surface area contributed by atoms with Crippen molar-refractivity contribution >= 4 is 51.9 Å². The molecule has 0 saturated carbocycles. The first-order valence-electron chi connectivity index (χ1n) is 6.88. The van der Waals surface area contributed by atoms with Crippen molar-refractivity contribution in [3.8, 4) is 0 Å². The molecule has 0 radical (unpaired) electrons. The second-order valence-corrected chi connectivity index (χ2v) is 6.44. The minimum absolute atomic E-state index is 0.154. The van der Waals surface area contributed by atoms with Gasteiger partial charge in [0.2, 0.25) is 0 Å². The first-order chi connectivity index (χ1) is 11.6. The molecule has 0 atom stereocenters. The Morgan fingerprint density at radius 2 is 2.00 bits per heavy atom. The zero-order valence-corrected chi connectivity index (χ0v) is 13.8. The number of benzene rings is 1. The van der Waals surface area contributed by atoms with Crippen LogP contribution in [0.4, 0.5) is 5.69 Å². The molecular weight excluding hydrogens is 346 g/mol. The number of thioether (sulfide) groups is 1. The number of furan rings is 1. The van der Waals surface area contributed by atoms with Crippen LogP contribution in [0.5, 0.6) is 0 Å². The van der Waals surface area contributed by atoms with Crippen LogP contribution >= 0.6 is 24.0 Å². The average Bonchev–Trinajstić information content (AvgIpc) is 3.16. The van der Waals surface area contributed by atoms with E-state index in [4.69, 9.17) is 21.7 Å². The fourth-order valence-electron chi connectivity index (χ4n) is 2.07. The molecule has 7 heteroatoms. The molecule has 1 aromatic heterocycles. The van der Waals surface area contributed by atoms with Crippen molar-refractivity contribution in [1.29, 1.82) is 0 Å². The highest BCUT2D eigenvalue weighted by Crippen LogP contribution is 2.34. The first kappa shape index (κ1) is 16.2. The number of carbonyl (C=O) groups is 2. The Bertz CT molecular complexity index is 851. The van der Waals surface area contributed by atoms with Crippen LogP contribution in [-0.4, -0.2) is 21.3 Å². The fourth-order valence-corrected chi connectivity index (χ4v) is 3.32. The molecule has 0 bridgehead atoms. The van der Waals surface area contributed by atoms with Gasteiger partial charge in [0.15, 0.2) is 4.32 Å². The van der Waals surface area contributed by atoms with Crippen LogP contribution in [0.15, 0.2) is 64.1 Å². The molecule has 0 aliphatic carbocycles. The molecule has 0 unspecified atom stereocenters. The Balaban J connectivity index is 1.80. The maximum atomic E-state index is 12.5. The van der Waals surface area contributed by atoms with Gasteiger partial charge in [-0.05, 0) is 48.6 Å². The van der Waals surface area contributed by atoms with Gasteiger partial charge in [-0.25, -0.2) is 4.79 Å². The van der Waals surface area contributed by atoms with Gasteiger partial charge in [-0.15, -0.1) is 0 Å². The van der Waals surface area contributed by atoms with E-state index in [1.165, 1.54) is 28.8 Å². The standard InChI is InChI=1S/C17H11NO4S2/c19-15-14(5-1-3-13-4-2-10-22-13)24-17(23)18(15)12-8-6-11(7-9-12)16(20)21/h1-10H,(H,20,21)/b3-1+,14-5-. The molecule has 1 aliphatic heterocycles. The van der Waals surface area contributed by atoms with E-state index in [0.29, 0.717) is 20.7 Å². The predicted octanol–water partition coefficient (Wildman–Crippen LogP) is 3.94. The molecule has 120 valence electrons. The maximum Gasteiger partial charge on any atom is 0.335 e. The number of thiocarbonyl (C=S) groups is 1. The second-order valence-electron chi connectivity index (χ2n) is 4.77. The van der Waals surface area contributed by atoms with Gasteiger partial charge < -0.3 is 9.52 Å². The molecule has 1 aliphatic rings. The summed E-state index contributed by atoms with van der Waals surface area (Å²) in [6, 6.07) is 9.60. The van der Waals surface area contributed by atoms with E-state index in [1.54, 1.807) is 48.8 Å². The van der Waals surface area contributed by atoms with E-state index in [9.17, 15) is 9.59 Å². The molecule has 5 nitrogen and oxygen atoms in total. The zero-order chi connectivity index (χ0) is 17.1. The lowest BCUT2D eigenvalue weighted by atomic mass is 10.2. The van der Waals surface area contributed by atoms with Crippen molar-refractivity contribution in [1.82, 2.24) is 0 Å². The van der Waals surface area contributed by atoms with Gasteiger partial charge in [-0.3, -0.25) is 9.69 Å². The smallest absolute Gasteiger partial charge is 0.335 e. The Morgan fingerprint density at radius 1 is 1.25 bits per heavy atom. The quantitative estimate of drug-likeness (QED) is 0.660. The Hall–Kier alpha value is -2.64. The zero-order valence-electron chi connectivity index (χ0n) is 12.2. The molecule has 2 heterocycles. The Labute approximate surface area is 147 Å². The van der Waals surface area contributed by atoms with Crippen LogP contribution in [-0.2, 0) is 4.79 Å². The van der Waals surface area contributed by atoms with E-state index in [-0.39, 0.29) is 11.5 Å². The van der Waals surface area contributed by atoms with Crippen LogP contribution in [0.1, 0.15) is 16.1 Å². The summed E-state index contributed by atoms with van der Waals surface area (Å²) in [5.74, 6) is -0.571. The maximum absolute atomic E-state index is 12.5. The lowest BCUT2D eigenvalue weighted by Gasteiger charge is -2.14. The molecular formula is C17H11NO4S2. The number of carbonyl (C=O) groups excluding carboxylic acids is 1. The summed E-state index contributed by atoms with van der Waals surface area (Å²) in [5.41, 5.74) is 0.696. The number of carboxylic acid groups (broad SMARTS) is 1. The number of allylic oxidation sites excluding steroid dienone is 2. The number of hydrogen-bond acceptors (Lipinski definition) is 5. The lowest BCUT2D eigenvalue weighted by molar-refractivity contribution is -0.113. The van der Waals surface area contributed by atoms with Crippen molar-refractivity contribution in [2.24, 2.45) is 0 Å². The summed E-state index contributed by atoms with van der Waals surface area (Å²) in [6.45, 7) is 0. The summed E-state index contributed by atoms with van der Waals surface area (Å²) in [6.07, 6.45) is 6.71. The molecule has 1 amide bonds. The normalized spacial score (nSPS) is 16.5. The summed E-state index contributed by atoms with van der Waals surface area (Å²) in [4.78, 5) is 25.3. The summed E-state index contributed by atoms with van der Waals surface area (Å²) >= 11 is 6.45. The van der Waals surface area contributed by atoms with Crippen molar-refractivity contribution in [2.75, 3.05) is 4.90 Å². The summed E-state index contributed by atoms with van der Waals surface area (Å²) in [5, 5.41) is 8.93. The number of nitrogens with zero attached hydrogens (tertiary/aromatic N) is 1. The first-order valence-corrected chi connectivity index (χ1v) is 8.10. The van der Waals surface area contributed by atoms with Gasteiger partial charge >= 0.3 is 5.97 Å². The highest BCUT2D eigenvalue weighted by Gasteiger charge is 2.32. The summed E-state index contributed by atoms with van der Waals surface area (Å²) < 4.78 is 5.58. The number of carboxylic acids is 1. The minimum Gasteiger partial charge on any atom is -0.478 e. The van der Waals surface area contributed by atoms with Gasteiger partial charge in [0.25, 0.3) is 5.91 Å². The number of rotatable bonds is 4. The van der Waals surface area contributed by atoms with Crippen molar-refractivity contribution in [3.63, 3.8) is 0 Å². The Morgan fingerprint density at radius 3 is 2.62 bits per heavy atom. The summed E-state index contributed by atoms with van der Waals surface area (Å²) in [7, 11) is 0. The molecule has 3 rings (SSSR count). The van der Waals surface area contributed by atoms with Crippen molar-refractivity contribution < 1.29 is 19.1 Å². The third-order valence-electron chi connectivity index (χ3n) is 3.22. The van der Waals surface area contributed by atoms with Gasteiger partial charge in [0.1, 0.15) is 5.76 Å². The fraction of sp³-hybridized carbons (Fsp3) is 0. The van der Waals surface area contributed by atoms with E-state index < -0.39 is 5.97 Å². The molecule has 1 fully saturated rings. The van der Waals surface area contributed by atoms with E-state index in [2.05, 4.69) is 0 Å². The lowest BCUT2D eigenvalue weighted by Crippen LogP contribution is -2.27. The van der Waals surface area contributed by atoms with Crippen LogP contribution in [0.3, 0.4) is 0 Å². The van der Waals surface area contributed by atoms with Crippen molar-refractivity contribution in [3.05, 3.63) is 71.0 Å². The molecule has 1 aromatic carbocycles. The predicted molar refractivity (Wildman–Crippen MR) is 96.9 cm³/mol. The molecule has 24 heavy (non-hydrogen) atoms. The highest BCUT2D eigenvalue weighted by atomic mass is 32.2. The molecule has 1 N–H and O–H groups in total. The van der Waals surface area contributed by atoms with Crippen molar-refractivity contribution in [2.45, 2.75) is 0 Å². The van der Waals surface area contributed by atoms with Crippen LogP contribution in [0.25, 0.3) is 6.08 Å². The topological polar surface area (TPSA) is 70.8 Å². The van der Waals surface area contributed by atoms with Crippen LogP contribution in [0, 0.1) is 0 Å². The highest BCUT2D eigenvalue weighted by molar-refractivity contribution is 8.27. The molecule has 1 saturated heterocycles. The number of anilines is 1. The van der Waals surface area contributed by atoms with Crippen LogP contribution < -0.4 is 4.90 Å². The largest absolute Gasteiger partial charge is 0.478 e.